The summed E-state index contributed by atoms with van der Waals surface area (Å²) in [7, 11) is 0. The topological polar surface area (TPSA) is 118 Å². The maximum Gasteiger partial charge on any atom is 0.573 e. The fraction of sp³-hybridized carbons (Fsp3) is 0.318. The molecule has 1 fully saturated rings. The average molecular weight is 956 g/mol. The fourth-order valence-corrected chi connectivity index (χ4v) is 8.59. The number of benzene rings is 3. The van der Waals surface area contributed by atoms with E-state index in [0.717, 1.165) is 71.1 Å². The molecule has 8 rings (SSSR count). The predicted octanol–water partition coefficient (Wildman–Crippen LogP) is 10.7. The predicted molar refractivity (Wildman–Crippen MR) is 217 cm³/mol. The lowest BCUT2D eigenvalue weighted by molar-refractivity contribution is -0.605. The van der Waals surface area contributed by atoms with Gasteiger partial charge in [-0.25, -0.2) is 9.67 Å². The van der Waals surface area contributed by atoms with Gasteiger partial charge in [0.15, 0.2) is 23.9 Å². The van der Waals surface area contributed by atoms with Crippen LogP contribution in [0.4, 0.5) is 48.3 Å². The van der Waals surface area contributed by atoms with Crippen molar-refractivity contribution in [3.8, 4) is 22.8 Å². The van der Waals surface area contributed by atoms with Crippen molar-refractivity contribution in [2.45, 2.75) is 88.5 Å². The van der Waals surface area contributed by atoms with E-state index in [0.29, 0.717) is 46.2 Å². The second kappa shape index (κ2) is 18.5. The minimum atomic E-state index is -6.16. The Morgan fingerprint density at radius 3 is 2.18 bits per heavy atom. The Kier molecular flexibility index (Phi) is 13.4. The first-order valence-corrected chi connectivity index (χ1v) is 20.8. The van der Waals surface area contributed by atoms with Gasteiger partial charge in [-0.2, -0.15) is 45.0 Å². The van der Waals surface area contributed by atoms with Gasteiger partial charge in [0.2, 0.25) is 0 Å². The Bertz CT molecular complexity index is 2790. The summed E-state index contributed by atoms with van der Waals surface area (Å²) in [5.41, 5.74) is -3.51. The second-order valence-corrected chi connectivity index (χ2v) is 16.4. The van der Waals surface area contributed by atoms with E-state index in [9.17, 15) is 63.4 Å². The standard InChI is InChI=1S/C25H18F11NO4.C19H18N4OS/c1-13-12-37(39)9-8-15(13)10-18(16-4-7-19(40-21(26)27)20(11-16)41-25(34,35)36)14-2-5-17(6-3-14)22(38,23(28,29)30)24(31,32)33;24-19-15-11-22(12-17-20-9-10-25-17)16-8-4-3-7-14(16)18(15)21-23(19)13-5-1-2-6-13/h2-9,11-12,18,21,38H,10H2,1H3;3-4,7-11,13H,1-2,5-6,12H2. The Hall–Kier alpha value is -6.29. The number of alkyl halides is 11. The van der Waals surface area contributed by atoms with E-state index in [1.54, 1.807) is 16.0 Å². The summed E-state index contributed by atoms with van der Waals surface area (Å²) in [5, 5.41) is 30.0. The van der Waals surface area contributed by atoms with Crippen molar-refractivity contribution in [1.82, 2.24) is 19.3 Å². The lowest BCUT2D eigenvalue weighted by Crippen LogP contribution is -2.53. The van der Waals surface area contributed by atoms with Crippen LogP contribution < -0.4 is 19.8 Å². The quantitative estimate of drug-likeness (QED) is 0.0779. The van der Waals surface area contributed by atoms with Crippen LogP contribution in [0.2, 0.25) is 0 Å². The van der Waals surface area contributed by atoms with Crippen LogP contribution in [0.15, 0.2) is 108 Å². The molecule has 1 unspecified atom stereocenters. The molecule has 2 aliphatic heterocycles. The van der Waals surface area contributed by atoms with E-state index in [1.807, 2.05) is 29.9 Å². The zero-order valence-corrected chi connectivity index (χ0v) is 35.0. The monoisotopic (exact) mass is 955 g/mol. The zero-order valence-electron chi connectivity index (χ0n) is 34.2. The lowest BCUT2D eigenvalue weighted by Gasteiger charge is -2.33. The van der Waals surface area contributed by atoms with Crippen LogP contribution in [-0.4, -0.2) is 49.8 Å². The second-order valence-electron chi connectivity index (χ2n) is 15.4. The number of hydrogen-bond donors (Lipinski definition) is 1. The first kappa shape index (κ1) is 47.7. The van der Waals surface area contributed by atoms with Crippen molar-refractivity contribution >= 4 is 22.2 Å². The van der Waals surface area contributed by atoms with Gasteiger partial charge in [0.1, 0.15) is 10.7 Å². The largest absolute Gasteiger partial charge is 0.619 e. The van der Waals surface area contributed by atoms with E-state index in [4.69, 9.17) is 5.10 Å². The molecule has 3 aliphatic rings. The SMILES string of the molecule is Cc1c[n+]([O-])ccc1CC(c1ccc(C(O)(C(F)(F)F)C(F)(F)F)cc1)c1ccc(OC(F)F)c(OC(F)(F)F)c1.O=c1c2cn(Cc3nccs3)c3ccccc3c-2nn1C1CCCC1. The molecule has 350 valence electrons. The highest BCUT2D eigenvalue weighted by Gasteiger charge is 2.71. The number of hydrogen-bond acceptors (Lipinski definition) is 8. The van der Waals surface area contributed by atoms with E-state index in [1.165, 1.54) is 25.8 Å². The summed E-state index contributed by atoms with van der Waals surface area (Å²) < 4.78 is 157. The molecule has 0 bridgehead atoms. The van der Waals surface area contributed by atoms with Gasteiger partial charge in [-0.3, -0.25) is 4.79 Å². The number of aryl methyl sites for hydroxylation is 1. The fourth-order valence-electron chi connectivity index (χ4n) is 7.97. The highest BCUT2D eigenvalue weighted by molar-refractivity contribution is 7.09. The van der Waals surface area contributed by atoms with Crippen molar-refractivity contribution in [2.75, 3.05) is 0 Å². The molecule has 0 radical (unpaired) electrons. The molecule has 5 aromatic rings. The van der Waals surface area contributed by atoms with Gasteiger partial charge in [0.25, 0.3) is 11.2 Å². The molecule has 10 nitrogen and oxygen atoms in total. The summed E-state index contributed by atoms with van der Waals surface area (Å²) in [5.74, 6) is -3.33. The van der Waals surface area contributed by atoms with Gasteiger partial charge < -0.3 is 24.4 Å². The van der Waals surface area contributed by atoms with Crippen LogP contribution in [0.5, 0.6) is 11.5 Å². The number of fused-ring (bicyclic) bond motifs is 3. The van der Waals surface area contributed by atoms with Gasteiger partial charge >= 0.3 is 25.3 Å². The minimum Gasteiger partial charge on any atom is -0.619 e. The maximum atomic E-state index is 13.3. The van der Waals surface area contributed by atoms with Gasteiger partial charge in [0, 0.05) is 46.3 Å². The summed E-state index contributed by atoms with van der Waals surface area (Å²) >= 11 is 1.63. The van der Waals surface area contributed by atoms with E-state index in [2.05, 4.69) is 31.2 Å². The smallest absolute Gasteiger partial charge is 0.573 e. The van der Waals surface area contributed by atoms with Crippen LogP contribution in [0, 0.1) is 12.1 Å². The van der Waals surface area contributed by atoms with Crippen LogP contribution in [-0.2, 0) is 18.6 Å². The zero-order chi connectivity index (χ0) is 47.8. The third-order valence-corrected chi connectivity index (χ3v) is 11.9. The van der Waals surface area contributed by atoms with Crippen LogP contribution in [0.3, 0.4) is 0 Å². The summed E-state index contributed by atoms with van der Waals surface area (Å²) in [6, 6.07) is 14.5. The summed E-state index contributed by atoms with van der Waals surface area (Å²) in [6.07, 6.45) is -7.37. The van der Waals surface area contributed by atoms with Crippen molar-refractivity contribution in [3.63, 3.8) is 0 Å². The van der Waals surface area contributed by atoms with Crippen molar-refractivity contribution in [1.29, 1.82) is 0 Å². The molecule has 66 heavy (non-hydrogen) atoms. The van der Waals surface area contributed by atoms with Gasteiger partial charge in [-0.05, 0) is 61.1 Å². The number of para-hydroxylation sites is 1. The number of rotatable bonds is 11. The Labute approximate surface area is 371 Å². The highest BCUT2D eigenvalue weighted by atomic mass is 32.1. The van der Waals surface area contributed by atoms with E-state index < -0.39 is 53.9 Å². The van der Waals surface area contributed by atoms with Gasteiger partial charge in [0.05, 0.1) is 23.7 Å². The van der Waals surface area contributed by atoms with Gasteiger partial charge in [-0.1, -0.05) is 61.4 Å². The molecule has 0 saturated heterocycles. The molecule has 0 amide bonds. The Morgan fingerprint density at radius 2 is 1.58 bits per heavy atom. The molecule has 1 aliphatic carbocycles. The molecule has 22 heteroatoms. The summed E-state index contributed by atoms with van der Waals surface area (Å²) in [6.45, 7) is -1.37. The van der Waals surface area contributed by atoms with Crippen molar-refractivity contribution in [2.24, 2.45) is 0 Å². The van der Waals surface area contributed by atoms with Gasteiger partial charge in [-0.15, -0.1) is 24.5 Å². The number of aliphatic hydroxyl groups is 1. The van der Waals surface area contributed by atoms with Crippen molar-refractivity contribution in [3.05, 3.63) is 151 Å². The number of aromatic nitrogens is 5. The Balaban J connectivity index is 0.000000218. The van der Waals surface area contributed by atoms with Crippen LogP contribution >= 0.6 is 11.3 Å². The Morgan fingerprint density at radius 1 is 0.909 bits per heavy atom. The number of nitrogens with zero attached hydrogens (tertiary/aromatic N) is 5. The number of thiazole rings is 1. The number of halogens is 11. The molecular weight excluding hydrogens is 920 g/mol. The lowest BCUT2D eigenvalue weighted by atomic mass is 9.83. The first-order chi connectivity index (χ1) is 31.0. The molecule has 1 saturated carbocycles. The molecule has 1 atom stereocenters. The summed E-state index contributed by atoms with van der Waals surface area (Å²) in [4.78, 5) is 17.4. The molecule has 2 aromatic heterocycles. The molecule has 4 heterocycles. The first-order valence-electron chi connectivity index (χ1n) is 19.9. The highest BCUT2D eigenvalue weighted by Crippen LogP contribution is 2.50. The number of ether oxygens (including phenoxy) is 2. The number of pyridine rings is 2. The molecule has 0 spiro atoms. The van der Waals surface area contributed by atoms with Crippen LogP contribution in [0.25, 0.3) is 22.2 Å². The van der Waals surface area contributed by atoms with Crippen molar-refractivity contribution < 1.29 is 67.6 Å². The van der Waals surface area contributed by atoms with E-state index >= 15 is 0 Å². The van der Waals surface area contributed by atoms with E-state index in [-0.39, 0.29) is 29.1 Å². The normalized spacial score (nSPS) is 14.5. The third kappa shape index (κ3) is 10.1. The third-order valence-electron chi connectivity index (χ3n) is 11.2. The molecule has 3 aromatic carbocycles. The maximum absolute atomic E-state index is 13.3. The molecular formula is C44H36F11N5O5S. The average Bonchev–Trinajstić information content (AvgIpc) is 4.03. The van der Waals surface area contributed by atoms with Crippen LogP contribution in [0.1, 0.15) is 70.5 Å². The molecule has 1 N–H and O–H groups in total. The minimum absolute atomic E-state index is 0.0422.